The van der Waals surface area contributed by atoms with Gasteiger partial charge < -0.3 is 9.47 Å². The topological polar surface area (TPSA) is 35.5 Å². The molecule has 1 aliphatic heterocycles. The summed E-state index contributed by atoms with van der Waals surface area (Å²) in [6.07, 6.45) is 5.86. The first-order valence-corrected chi connectivity index (χ1v) is 8.10. The summed E-state index contributed by atoms with van der Waals surface area (Å²) in [4.78, 5) is 12.5. The largest absolute Gasteiger partial charge is 0.493 e. The smallest absolute Gasteiger partial charge is 0.189 e. The summed E-state index contributed by atoms with van der Waals surface area (Å²) in [7, 11) is 0. The van der Waals surface area contributed by atoms with Crippen molar-refractivity contribution < 1.29 is 18.7 Å². The third-order valence-electron chi connectivity index (χ3n) is 3.84. The van der Waals surface area contributed by atoms with Gasteiger partial charge in [-0.05, 0) is 55.7 Å². The van der Waals surface area contributed by atoms with Crippen molar-refractivity contribution in [1.29, 1.82) is 0 Å². The maximum Gasteiger partial charge on any atom is 0.189 e. The Balaban J connectivity index is 1.95. The molecule has 1 heterocycles. The Bertz CT molecular complexity index is 752. The molecule has 0 aromatic heterocycles. The van der Waals surface area contributed by atoms with E-state index in [0.29, 0.717) is 19.0 Å². The summed E-state index contributed by atoms with van der Waals surface area (Å²) in [5.41, 5.74) is 1.06. The first-order chi connectivity index (χ1) is 11.7. The molecule has 0 bridgehead atoms. The van der Waals surface area contributed by atoms with Crippen LogP contribution in [0.3, 0.4) is 0 Å². The number of para-hydroxylation sites is 1. The normalized spacial score (nSPS) is 16.8. The molecular weight excluding hydrogens is 307 g/mol. The molecule has 0 atom stereocenters. The minimum atomic E-state index is -0.455. The van der Waals surface area contributed by atoms with Crippen LogP contribution in [0.2, 0.25) is 0 Å². The molecule has 0 unspecified atom stereocenters. The molecule has 0 saturated heterocycles. The quantitative estimate of drug-likeness (QED) is 0.706. The van der Waals surface area contributed by atoms with Crippen LogP contribution in [0.4, 0.5) is 4.39 Å². The molecule has 0 spiro atoms. The number of fused-ring (bicyclic) bond motifs is 2. The molecule has 0 N–H and O–H groups in total. The molecule has 0 aliphatic carbocycles. The molecule has 0 saturated carbocycles. The molecule has 0 amide bonds. The summed E-state index contributed by atoms with van der Waals surface area (Å²) in [5, 5.41) is 0. The van der Waals surface area contributed by atoms with Gasteiger partial charge in [-0.15, -0.1) is 0 Å². The fraction of sp³-hybridized carbons (Fsp3) is 0.250. The predicted molar refractivity (Wildman–Crippen MR) is 91.0 cm³/mol. The number of halogens is 1. The van der Waals surface area contributed by atoms with Crippen LogP contribution in [0.15, 0.2) is 48.5 Å². The molecule has 3 rings (SSSR count). The van der Waals surface area contributed by atoms with Gasteiger partial charge in [-0.25, -0.2) is 4.39 Å². The number of allylic oxidation sites excluding steroid dienone is 1. The molecule has 1 aliphatic rings. The highest BCUT2D eigenvalue weighted by atomic mass is 19.1. The number of rotatable bonds is 0. The molecule has 3 nitrogen and oxygen atoms in total. The van der Waals surface area contributed by atoms with Gasteiger partial charge in [0.1, 0.15) is 17.3 Å². The van der Waals surface area contributed by atoms with Gasteiger partial charge in [-0.2, -0.15) is 0 Å². The van der Waals surface area contributed by atoms with Crippen LogP contribution < -0.4 is 9.47 Å². The summed E-state index contributed by atoms with van der Waals surface area (Å²) < 4.78 is 25.0. The lowest BCUT2D eigenvalue weighted by Crippen LogP contribution is -2.06. The van der Waals surface area contributed by atoms with Gasteiger partial charge in [0.05, 0.1) is 18.8 Å². The van der Waals surface area contributed by atoms with E-state index in [2.05, 4.69) is 0 Å². The van der Waals surface area contributed by atoms with E-state index in [1.807, 2.05) is 24.3 Å². The summed E-state index contributed by atoms with van der Waals surface area (Å²) in [6, 6.07) is 11.6. The molecule has 0 fully saturated rings. The zero-order chi connectivity index (χ0) is 16.8. The van der Waals surface area contributed by atoms with Crippen LogP contribution in [0.1, 0.15) is 35.2 Å². The van der Waals surface area contributed by atoms with Gasteiger partial charge in [0.25, 0.3) is 0 Å². The molecule has 0 radical (unpaired) electrons. The summed E-state index contributed by atoms with van der Waals surface area (Å²) >= 11 is 0. The number of carbonyl (C=O) groups is 1. The second-order valence-electron chi connectivity index (χ2n) is 5.63. The maximum atomic E-state index is 13.5. The van der Waals surface area contributed by atoms with E-state index in [9.17, 15) is 9.18 Å². The van der Waals surface area contributed by atoms with E-state index in [1.165, 1.54) is 24.3 Å². The number of hydrogen-bond acceptors (Lipinski definition) is 3. The van der Waals surface area contributed by atoms with Crippen molar-refractivity contribution in [3.8, 4) is 11.5 Å². The lowest BCUT2D eigenvalue weighted by Gasteiger charge is -2.12. The van der Waals surface area contributed by atoms with Crippen molar-refractivity contribution in [2.75, 3.05) is 13.2 Å². The molecule has 4 heteroatoms. The van der Waals surface area contributed by atoms with Crippen LogP contribution in [-0.4, -0.2) is 19.0 Å². The Kier molecular flexibility index (Phi) is 5.26. The number of ketones is 1. The molecule has 2 aromatic rings. The van der Waals surface area contributed by atoms with Gasteiger partial charge >= 0.3 is 0 Å². The van der Waals surface area contributed by atoms with Crippen molar-refractivity contribution in [1.82, 2.24) is 0 Å². The average molecular weight is 326 g/mol. The number of hydrogen-bond donors (Lipinski definition) is 0. The molecule has 2 aromatic carbocycles. The van der Waals surface area contributed by atoms with Crippen molar-refractivity contribution >= 4 is 11.9 Å². The Hall–Kier alpha value is -2.62. The van der Waals surface area contributed by atoms with E-state index < -0.39 is 5.82 Å². The van der Waals surface area contributed by atoms with E-state index in [4.69, 9.17) is 9.47 Å². The van der Waals surface area contributed by atoms with E-state index in [1.54, 1.807) is 6.08 Å². The maximum absolute atomic E-state index is 13.5. The minimum Gasteiger partial charge on any atom is -0.493 e. The van der Waals surface area contributed by atoms with Gasteiger partial charge in [0.15, 0.2) is 5.78 Å². The minimum absolute atomic E-state index is 0.238. The Labute approximate surface area is 140 Å². The van der Waals surface area contributed by atoms with Crippen molar-refractivity contribution in [3.63, 3.8) is 0 Å². The van der Waals surface area contributed by atoms with Crippen molar-refractivity contribution in [2.45, 2.75) is 19.3 Å². The lowest BCUT2D eigenvalue weighted by molar-refractivity contribution is 0.104. The standard InChI is InChI=1S/C20H19FO3/c21-16-9-11-20-17(14-16)18(22)10-8-15-6-2-3-7-19(15)23-12-4-1-5-13-24-20/h2-3,6-11,14H,1,4-5,12-13H2/b10-8-. The van der Waals surface area contributed by atoms with Crippen LogP contribution in [0.5, 0.6) is 11.5 Å². The van der Waals surface area contributed by atoms with Gasteiger partial charge in [0, 0.05) is 5.56 Å². The van der Waals surface area contributed by atoms with E-state index >= 15 is 0 Å². The Morgan fingerprint density at radius 3 is 2.42 bits per heavy atom. The van der Waals surface area contributed by atoms with Gasteiger partial charge in [0.2, 0.25) is 0 Å². The Morgan fingerprint density at radius 1 is 0.833 bits per heavy atom. The van der Waals surface area contributed by atoms with Crippen LogP contribution >= 0.6 is 0 Å². The third kappa shape index (κ3) is 4.02. The second kappa shape index (κ2) is 7.77. The van der Waals surface area contributed by atoms with Crippen LogP contribution in [0, 0.1) is 5.82 Å². The van der Waals surface area contributed by atoms with Crippen LogP contribution in [-0.2, 0) is 0 Å². The SMILES string of the molecule is O=C1/C=C\c2ccccc2OCCCCCOc2ccc(F)cc21. The fourth-order valence-electron chi connectivity index (χ4n) is 2.57. The summed E-state index contributed by atoms with van der Waals surface area (Å²) in [5.74, 6) is 0.419. The lowest BCUT2D eigenvalue weighted by atomic mass is 10.1. The van der Waals surface area contributed by atoms with Crippen LogP contribution in [0.25, 0.3) is 6.08 Å². The highest BCUT2D eigenvalue weighted by Gasteiger charge is 2.12. The monoisotopic (exact) mass is 326 g/mol. The zero-order valence-corrected chi connectivity index (χ0v) is 13.3. The van der Waals surface area contributed by atoms with Gasteiger partial charge in [-0.1, -0.05) is 18.2 Å². The van der Waals surface area contributed by atoms with E-state index in [0.717, 1.165) is 30.6 Å². The van der Waals surface area contributed by atoms with Gasteiger partial charge in [-0.3, -0.25) is 4.79 Å². The molecular formula is C20H19FO3. The van der Waals surface area contributed by atoms with Crippen molar-refractivity contribution in [3.05, 3.63) is 65.5 Å². The molecule has 124 valence electrons. The number of benzene rings is 2. The average Bonchev–Trinajstić information content (AvgIpc) is 2.60. The van der Waals surface area contributed by atoms with Crippen molar-refractivity contribution in [2.24, 2.45) is 0 Å². The number of ether oxygens (including phenoxy) is 2. The first-order valence-electron chi connectivity index (χ1n) is 8.10. The number of carbonyl (C=O) groups excluding carboxylic acids is 1. The summed E-state index contributed by atoms with van der Waals surface area (Å²) in [6.45, 7) is 1.12. The Morgan fingerprint density at radius 2 is 1.58 bits per heavy atom. The highest BCUT2D eigenvalue weighted by molar-refractivity contribution is 6.08. The predicted octanol–water partition coefficient (Wildman–Crippen LogP) is 4.66. The highest BCUT2D eigenvalue weighted by Crippen LogP contribution is 2.24. The fourth-order valence-corrected chi connectivity index (χ4v) is 2.57. The van der Waals surface area contributed by atoms with E-state index in [-0.39, 0.29) is 11.3 Å². The third-order valence-corrected chi connectivity index (χ3v) is 3.84. The first kappa shape index (κ1) is 16.2. The zero-order valence-electron chi connectivity index (χ0n) is 13.3. The molecule has 24 heavy (non-hydrogen) atoms. The second-order valence-corrected chi connectivity index (χ2v) is 5.63.